The third kappa shape index (κ3) is 3.71. The standard InChI is InChI=1S/C17H26N2O5/c1-16(2,3)24-15(22)18-12-8-5-6-9-17(14(21)23-4)10-7-11-19(17)13(12)20/h5-6,12H,7-11H2,1-4H3,(H,18,22)/t12-,17+/m0/s1. The van der Waals surface area contributed by atoms with Gasteiger partial charge in [0, 0.05) is 6.54 Å². The zero-order valence-electron chi connectivity index (χ0n) is 14.8. The summed E-state index contributed by atoms with van der Waals surface area (Å²) in [7, 11) is 1.33. The second kappa shape index (κ2) is 6.83. The summed E-state index contributed by atoms with van der Waals surface area (Å²) in [4.78, 5) is 38.8. The average molecular weight is 338 g/mol. The average Bonchev–Trinajstić information content (AvgIpc) is 2.90. The Kier molecular flexibility index (Phi) is 5.20. The highest BCUT2D eigenvalue weighted by molar-refractivity contribution is 5.93. The number of amides is 2. The molecule has 7 heteroatoms. The topological polar surface area (TPSA) is 84.9 Å². The van der Waals surface area contributed by atoms with Gasteiger partial charge in [-0.15, -0.1) is 0 Å². The molecule has 1 saturated heterocycles. The number of carbonyl (C=O) groups excluding carboxylic acids is 3. The molecule has 1 N–H and O–H groups in total. The Morgan fingerprint density at radius 1 is 1.33 bits per heavy atom. The molecule has 0 aromatic heterocycles. The molecule has 0 saturated carbocycles. The molecule has 0 radical (unpaired) electrons. The van der Waals surface area contributed by atoms with E-state index in [1.54, 1.807) is 25.7 Å². The van der Waals surface area contributed by atoms with Gasteiger partial charge in [-0.05, 0) is 46.5 Å². The lowest BCUT2D eigenvalue weighted by molar-refractivity contribution is -0.160. The zero-order chi connectivity index (χ0) is 18.0. The van der Waals surface area contributed by atoms with Crippen molar-refractivity contribution in [1.82, 2.24) is 10.2 Å². The van der Waals surface area contributed by atoms with E-state index >= 15 is 0 Å². The fraction of sp³-hybridized carbons (Fsp3) is 0.706. The van der Waals surface area contributed by atoms with Crippen LogP contribution in [0, 0.1) is 0 Å². The number of carbonyl (C=O) groups is 3. The van der Waals surface area contributed by atoms with E-state index in [2.05, 4.69) is 5.32 Å². The Morgan fingerprint density at radius 2 is 2.04 bits per heavy atom. The van der Waals surface area contributed by atoms with Gasteiger partial charge in [0.15, 0.2) is 0 Å². The van der Waals surface area contributed by atoms with E-state index in [0.29, 0.717) is 25.8 Å². The summed E-state index contributed by atoms with van der Waals surface area (Å²) in [6.07, 6.45) is 5.16. The normalized spacial score (nSPS) is 27.1. The third-order valence-electron chi connectivity index (χ3n) is 4.30. The lowest BCUT2D eigenvalue weighted by atomic mass is 9.89. The van der Waals surface area contributed by atoms with Crippen molar-refractivity contribution in [2.75, 3.05) is 13.7 Å². The van der Waals surface area contributed by atoms with Crippen molar-refractivity contribution in [3.05, 3.63) is 12.2 Å². The summed E-state index contributed by atoms with van der Waals surface area (Å²) < 4.78 is 10.2. The molecule has 2 aliphatic heterocycles. The molecule has 2 amide bonds. The molecule has 7 nitrogen and oxygen atoms in total. The van der Waals surface area contributed by atoms with Crippen molar-refractivity contribution in [3.63, 3.8) is 0 Å². The minimum absolute atomic E-state index is 0.270. The van der Waals surface area contributed by atoms with E-state index in [4.69, 9.17) is 9.47 Å². The van der Waals surface area contributed by atoms with Crippen molar-refractivity contribution in [2.45, 2.75) is 63.6 Å². The van der Waals surface area contributed by atoms with Crippen LogP contribution in [0.25, 0.3) is 0 Å². The molecule has 0 aromatic rings. The van der Waals surface area contributed by atoms with Crippen LogP contribution in [-0.2, 0) is 19.1 Å². The lowest BCUT2D eigenvalue weighted by Crippen LogP contribution is -2.59. The maximum Gasteiger partial charge on any atom is 0.408 e. The summed E-state index contributed by atoms with van der Waals surface area (Å²) >= 11 is 0. The first-order chi connectivity index (χ1) is 11.2. The monoisotopic (exact) mass is 338 g/mol. The molecule has 2 rings (SSSR count). The van der Waals surface area contributed by atoms with Crippen LogP contribution in [0.4, 0.5) is 4.79 Å². The Labute approximate surface area is 142 Å². The Morgan fingerprint density at radius 3 is 2.67 bits per heavy atom. The Bertz CT molecular complexity index is 552. The van der Waals surface area contributed by atoms with Crippen LogP contribution in [-0.4, -0.2) is 53.7 Å². The number of fused-ring (bicyclic) bond motifs is 1. The number of hydrogen-bond acceptors (Lipinski definition) is 5. The third-order valence-corrected chi connectivity index (χ3v) is 4.30. The molecule has 134 valence electrons. The summed E-state index contributed by atoms with van der Waals surface area (Å²) in [6.45, 7) is 5.76. The molecule has 2 atom stereocenters. The van der Waals surface area contributed by atoms with E-state index in [9.17, 15) is 14.4 Å². The van der Waals surface area contributed by atoms with Gasteiger partial charge in [-0.1, -0.05) is 12.2 Å². The quantitative estimate of drug-likeness (QED) is 0.613. The molecular formula is C17H26N2O5. The molecule has 0 unspecified atom stereocenters. The predicted molar refractivity (Wildman–Crippen MR) is 87.2 cm³/mol. The second-order valence-electron chi connectivity index (χ2n) is 7.23. The van der Waals surface area contributed by atoms with Gasteiger partial charge in [0.2, 0.25) is 5.91 Å². The number of nitrogens with one attached hydrogen (secondary N) is 1. The lowest BCUT2D eigenvalue weighted by Gasteiger charge is -2.38. The number of methoxy groups -OCH3 is 1. The number of hydrogen-bond donors (Lipinski definition) is 1. The Balaban J connectivity index is 2.20. The van der Waals surface area contributed by atoms with Crippen LogP contribution in [0.3, 0.4) is 0 Å². The summed E-state index contributed by atoms with van der Waals surface area (Å²) in [5, 5.41) is 2.62. The fourth-order valence-electron chi connectivity index (χ4n) is 3.27. The van der Waals surface area contributed by atoms with Gasteiger partial charge in [-0.3, -0.25) is 4.79 Å². The molecule has 0 bridgehead atoms. The van der Waals surface area contributed by atoms with Gasteiger partial charge < -0.3 is 19.7 Å². The second-order valence-corrected chi connectivity index (χ2v) is 7.23. The van der Waals surface area contributed by atoms with Crippen molar-refractivity contribution in [2.24, 2.45) is 0 Å². The number of esters is 1. The van der Waals surface area contributed by atoms with Gasteiger partial charge >= 0.3 is 12.1 Å². The highest BCUT2D eigenvalue weighted by Gasteiger charge is 2.51. The Hall–Kier alpha value is -2.05. The van der Waals surface area contributed by atoms with Crippen molar-refractivity contribution in [1.29, 1.82) is 0 Å². The molecule has 0 spiro atoms. The van der Waals surface area contributed by atoms with Gasteiger partial charge in [0.25, 0.3) is 0 Å². The molecule has 0 aromatic carbocycles. The van der Waals surface area contributed by atoms with Crippen LogP contribution in [0.15, 0.2) is 12.2 Å². The van der Waals surface area contributed by atoms with E-state index in [1.807, 2.05) is 12.2 Å². The minimum Gasteiger partial charge on any atom is -0.467 e. The van der Waals surface area contributed by atoms with Gasteiger partial charge in [-0.2, -0.15) is 0 Å². The first-order valence-electron chi connectivity index (χ1n) is 8.24. The van der Waals surface area contributed by atoms with Gasteiger partial charge in [0.05, 0.1) is 7.11 Å². The van der Waals surface area contributed by atoms with Gasteiger partial charge in [-0.25, -0.2) is 9.59 Å². The first kappa shape index (κ1) is 18.3. The highest BCUT2D eigenvalue weighted by atomic mass is 16.6. The summed E-state index contributed by atoms with van der Waals surface area (Å²) in [5.41, 5.74) is -1.61. The maximum atomic E-state index is 12.9. The van der Waals surface area contributed by atoms with Gasteiger partial charge in [0.1, 0.15) is 17.2 Å². The van der Waals surface area contributed by atoms with E-state index < -0.39 is 29.2 Å². The van der Waals surface area contributed by atoms with Crippen LogP contribution in [0.2, 0.25) is 0 Å². The van der Waals surface area contributed by atoms with Crippen LogP contribution >= 0.6 is 0 Å². The van der Waals surface area contributed by atoms with E-state index in [0.717, 1.165) is 6.42 Å². The first-order valence-corrected chi connectivity index (χ1v) is 8.24. The smallest absolute Gasteiger partial charge is 0.408 e. The van der Waals surface area contributed by atoms with Crippen molar-refractivity contribution in [3.8, 4) is 0 Å². The number of ether oxygens (including phenoxy) is 2. The highest BCUT2D eigenvalue weighted by Crippen LogP contribution is 2.36. The van der Waals surface area contributed by atoms with Crippen LogP contribution in [0.5, 0.6) is 0 Å². The van der Waals surface area contributed by atoms with Crippen molar-refractivity contribution < 1.29 is 23.9 Å². The molecule has 2 aliphatic rings. The zero-order valence-corrected chi connectivity index (χ0v) is 14.8. The van der Waals surface area contributed by atoms with Crippen molar-refractivity contribution >= 4 is 18.0 Å². The molecular weight excluding hydrogens is 312 g/mol. The largest absolute Gasteiger partial charge is 0.467 e. The summed E-state index contributed by atoms with van der Waals surface area (Å²) in [5.74, 6) is -0.677. The molecule has 0 aliphatic carbocycles. The van der Waals surface area contributed by atoms with E-state index in [1.165, 1.54) is 7.11 Å². The molecule has 24 heavy (non-hydrogen) atoms. The minimum atomic E-state index is -0.962. The maximum absolute atomic E-state index is 12.9. The SMILES string of the molecule is COC(=O)[C@]12CC=CC[C@H](NC(=O)OC(C)(C)C)C(=O)N1CCC2. The van der Waals surface area contributed by atoms with Crippen LogP contribution in [0.1, 0.15) is 46.5 Å². The van der Waals surface area contributed by atoms with E-state index in [-0.39, 0.29) is 5.91 Å². The molecule has 1 fully saturated rings. The number of alkyl carbamates (subject to hydrolysis) is 1. The van der Waals surface area contributed by atoms with Crippen LogP contribution < -0.4 is 5.32 Å². The fourth-order valence-corrected chi connectivity index (χ4v) is 3.27. The molecule has 2 heterocycles. The summed E-state index contributed by atoms with van der Waals surface area (Å²) in [6, 6.07) is -0.751. The predicted octanol–water partition coefficient (Wildman–Crippen LogP) is 1.76. The number of nitrogens with zero attached hydrogens (tertiary/aromatic N) is 1. The number of rotatable bonds is 2.